The molecule has 0 atom stereocenters. The predicted octanol–water partition coefficient (Wildman–Crippen LogP) is 6.36. The third-order valence-electron chi connectivity index (χ3n) is 4.87. The largest absolute Gasteiger partial charge is 0.345 e. The number of nitrogens with one attached hydrogen (secondary N) is 1. The van der Waals surface area contributed by atoms with E-state index in [2.05, 4.69) is 15.5 Å². The van der Waals surface area contributed by atoms with Crippen molar-refractivity contribution in [3.63, 3.8) is 0 Å². The van der Waals surface area contributed by atoms with Crippen LogP contribution in [0.1, 0.15) is 21.7 Å². The fourth-order valence-electron chi connectivity index (χ4n) is 3.18. The van der Waals surface area contributed by atoms with Crippen molar-refractivity contribution in [3.8, 4) is 5.69 Å². The monoisotopic (exact) mass is 547 g/mol. The van der Waals surface area contributed by atoms with E-state index in [1.165, 1.54) is 23.9 Å². The molecule has 0 radical (unpaired) electrons. The SMILES string of the molecule is O=C(NCc1nnc(SCc2ccccc2)n1-c1cc(Cl)ccc1Cl)c1ccc(Cl)c([N+](=O)[O-])c1. The Balaban J connectivity index is 1.61. The first kappa shape index (κ1) is 25.0. The van der Waals surface area contributed by atoms with Gasteiger partial charge in [-0.2, -0.15) is 0 Å². The molecule has 4 rings (SSSR count). The summed E-state index contributed by atoms with van der Waals surface area (Å²) < 4.78 is 1.73. The van der Waals surface area contributed by atoms with E-state index in [1.807, 2.05) is 30.3 Å². The summed E-state index contributed by atoms with van der Waals surface area (Å²) in [5.41, 5.74) is 1.40. The van der Waals surface area contributed by atoms with Gasteiger partial charge in [0, 0.05) is 22.4 Å². The first-order valence-electron chi connectivity index (χ1n) is 10.1. The number of rotatable bonds is 8. The summed E-state index contributed by atoms with van der Waals surface area (Å²) in [4.78, 5) is 23.2. The van der Waals surface area contributed by atoms with Gasteiger partial charge in [0.05, 0.1) is 22.2 Å². The molecule has 0 aliphatic carbocycles. The minimum atomic E-state index is -0.646. The van der Waals surface area contributed by atoms with Crippen LogP contribution in [0.5, 0.6) is 0 Å². The number of carbonyl (C=O) groups excluding carboxylic acids is 1. The second kappa shape index (κ2) is 11.1. The fourth-order valence-corrected chi connectivity index (χ4v) is 4.66. The van der Waals surface area contributed by atoms with Crippen molar-refractivity contribution in [2.24, 2.45) is 0 Å². The van der Waals surface area contributed by atoms with Gasteiger partial charge in [0.25, 0.3) is 11.6 Å². The van der Waals surface area contributed by atoms with Gasteiger partial charge >= 0.3 is 0 Å². The summed E-state index contributed by atoms with van der Waals surface area (Å²) in [7, 11) is 0. The summed E-state index contributed by atoms with van der Waals surface area (Å²) in [5, 5.41) is 23.8. The Labute approximate surface area is 219 Å². The third kappa shape index (κ3) is 5.94. The third-order valence-corrected chi connectivity index (χ3v) is 6.75. The Morgan fingerprint density at radius 3 is 2.49 bits per heavy atom. The summed E-state index contributed by atoms with van der Waals surface area (Å²) in [5.74, 6) is 0.509. The molecule has 3 aromatic carbocycles. The quantitative estimate of drug-likeness (QED) is 0.156. The van der Waals surface area contributed by atoms with Gasteiger partial charge in [0.15, 0.2) is 11.0 Å². The van der Waals surface area contributed by atoms with E-state index in [0.717, 1.165) is 11.6 Å². The van der Waals surface area contributed by atoms with Crippen LogP contribution >= 0.6 is 46.6 Å². The summed E-state index contributed by atoms with van der Waals surface area (Å²) >= 11 is 20.0. The maximum Gasteiger partial charge on any atom is 0.288 e. The number of aromatic nitrogens is 3. The summed E-state index contributed by atoms with van der Waals surface area (Å²) in [6.45, 7) is -0.0169. The van der Waals surface area contributed by atoms with E-state index in [-0.39, 0.29) is 22.8 Å². The van der Waals surface area contributed by atoms with Crippen molar-refractivity contribution < 1.29 is 9.72 Å². The Morgan fingerprint density at radius 2 is 1.74 bits per heavy atom. The zero-order valence-corrected chi connectivity index (χ0v) is 20.9. The lowest BCUT2D eigenvalue weighted by atomic mass is 10.2. The van der Waals surface area contributed by atoms with E-state index in [4.69, 9.17) is 34.8 Å². The number of amides is 1. The van der Waals surface area contributed by atoms with Gasteiger partial charge in [0.1, 0.15) is 5.02 Å². The first-order valence-corrected chi connectivity index (χ1v) is 12.2. The predicted molar refractivity (Wildman–Crippen MR) is 137 cm³/mol. The molecule has 8 nitrogen and oxygen atoms in total. The minimum Gasteiger partial charge on any atom is -0.345 e. The van der Waals surface area contributed by atoms with Crippen LogP contribution in [-0.2, 0) is 12.3 Å². The smallest absolute Gasteiger partial charge is 0.288 e. The van der Waals surface area contributed by atoms with Crippen LogP contribution in [0.3, 0.4) is 0 Å². The molecule has 1 amide bonds. The van der Waals surface area contributed by atoms with Crippen molar-refractivity contribution in [2.45, 2.75) is 17.5 Å². The van der Waals surface area contributed by atoms with Gasteiger partial charge in [0.2, 0.25) is 0 Å². The van der Waals surface area contributed by atoms with Crippen LogP contribution in [0.25, 0.3) is 5.69 Å². The van der Waals surface area contributed by atoms with E-state index in [1.54, 1.807) is 22.8 Å². The van der Waals surface area contributed by atoms with Crippen LogP contribution in [0.4, 0.5) is 5.69 Å². The van der Waals surface area contributed by atoms with Gasteiger partial charge in [-0.15, -0.1) is 10.2 Å². The van der Waals surface area contributed by atoms with E-state index in [9.17, 15) is 14.9 Å². The lowest BCUT2D eigenvalue weighted by molar-refractivity contribution is -0.384. The Kier molecular flexibility index (Phi) is 7.92. The van der Waals surface area contributed by atoms with Crippen molar-refractivity contribution in [3.05, 3.63) is 109 Å². The van der Waals surface area contributed by atoms with E-state index < -0.39 is 10.8 Å². The highest BCUT2D eigenvalue weighted by molar-refractivity contribution is 7.98. The van der Waals surface area contributed by atoms with Crippen LogP contribution in [0.15, 0.2) is 71.9 Å². The Morgan fingerprint density at radius 1 is 1.00 bits per heavy atom. The summed E-state index contributed by atoms with van der Waals surface area (Å²) in [6, 6.07) is 18.7. The van der Waals surface area contributed by atoms with Crippen LogP contribution < -0.4 is 5.32 Å². The van der Waals surface area contributed by atoms with Gasteiger partial charge in [-0.1, -0.05) is 76.9 Å². The number of thioether (sulfide) groups is 1. The number of nitrogens with zero attached hydrogens (tertiary/aromatic N) is 4. The number of nitro groups is 1. The molecular weight excluding hydrogens is 533 g/mol. The average Bonchev–Trinajstić information content (AvgIpc) is 3.26. The van der Waals surface area contributed by atoms with Crippen LogP contribution in [0.2, 0.25) is 15.1 Å². The number of halogens is 3. The molecule has 35 heavy (non-hydrogen) atoms. The average molecular weight is 549 g/mol. The molecule has 0 aliphatic rings. The van der Waals surface area contributed by atoms with Crippen molar-refractivity contribution in [1.29, 1.82) is 0 Å². The number of hydrogen-bond acceptors (Lipinski definition) is 6. The highest BCUT2D eigenvalue weighted by Gasteiger charge is 2.20. The molecule has 0 fully saturated rings. The topological polar surface area (TPSA) is 103 Å². The molecule has 1 heterocycles. The second-order valence-corrected chi connectivity index (χ2v) is 9.40. The lowest BCUT2D eigenvalue weighted by Gasteiger charge is -2.13. The minimum absolute atomic E-state index is 0.0169. The van der Waals surface area contributed by atoms with Crippen molar-refractivity contribution in [2.75, 3.05) is 0 Å². The number of carbonyl (C=O) groups is 1. The first-order chi connectivity index (χ1) is 16.8. The van der Waals surface area contributed by atoms with Crippen molar-refractivity contribution in [1.82, 2.24) is 20.1 Å². The number of benzene rings is 3. The second-order valence-electron chi connectivity index (χ2n) is 7.21. The van der Waals surface area contributed by atoms with Gasteiger partial charge in [-0.25, -0.2) is 0 Å². The molecular formula is C23H16Cl3N5O3S. The van der Waals surface area contributed by atoms with Gasteiger partial charge in [-0.05, 0) is 35.9 Å². The maximum atomic E-state index is 12.7. The Hall–Kier alpha value is -3.11. The fraction of sp³-hybridized carbons (Fsp3) is 0.0870. The molecule has 1 N–H and O–H groups in total. The van der Waals surface area contributed by atoms with Crippen LogP contribution in [-0.4, -0.2) is 25.6 Å². The van der Waals surface area contributed by atoms with Gasteiger partial charge in [-0.3, -0.25) is 19.5 Å². The highest BCUT2D eigenvalue weighted by atomic mass is 35.5. The highest BCUT2D eigenvalue weighted by Crippen LogP contribution is 2.31. The summed E-state index contributed by atoms with van der Waals surface area (Å²) in [6.07, 6.45) is 0. The molecule has 0 aliphatic heterocycles. The molecule has 0 saturated carbocycles. The normalized spacial score (nSPS) is 10.8. The zero-order valence-electron chi connectivity index (χ0n) is 17.8. The number of hydrogen-bond donors (Lipinski definition) is 1. The Bertz CT molecular complexity index is 1400. The number of nitro benzene ring substituents is 1. The molecule has 4 aromatic rings. The van der Waals surface area contributed by atoms with Crippen LogP contribution in [0, 0.1) is 10.1 Å². The standard InChI is InChI=1S/C23H16Cl3N5O3S/c24-16-7-9-17(25)19(11-16)30-21(28-29-23(30)35-13-14-4-2-1-3-5-14)12-27-22(32)15-6-8-18(26)20(10-15)31(33)34/h1-11H,12-13H2,(H,27,32). The van der Waals surface area contributed by atoms with E-state index in [0.29, 0.717) is 32.5 Å². The molecule has 0 saturated heterocycles. The molecule has 178 valence electrons. The molecule has 0 spiro atoms. The lowest BCUT2D eigenvalue weighted by Crippen LogP contribution is -2.24. The molecule has 1 aromatic heterocycles. The van der Waals surface area contributed by atoms with E-state index >= 15 is 0 Å². The van der Waals surface area contributed by atoms with Gasteiger partial charge < -0.3 is 5.32 Å². The maximum absolute atomic E-state index is 12.7. The molecule has 0 bridgehead atoms. The van der Waals surface area contributed by atoms with Crippen molar-refractivity contribution >= 4 is 58.2 Å². The zero-order chi connectivity index (χ0) is 24.9. The molecule has 12 heteroatoms. The molecule has 0 unspecified atom stereocenters.